The predicted molar refractivity (Wildman–Crippen MR) is 71.5 cm³/mol. The van der Waals surface area contributed by atoms with Crippen LogP contribution in [0.25, 0.3) is 0 Å². The fourth-order valence-electron chi connectivity index (χ4n) is 1.73. The largest absolute Gasteiger partial charge is 0.378 e. The number of aromatic nitrogens is 2. The lowest BCUT2D eigenvalue weighted by atomic mass is 10.2. The zero-order chi connectivity index (χ0) is 13.9. The molecule has 0 fully saturated rings. The summed E-state index contributed by atoms with van der Waals surface area (Å²) in [5.41, 5.74) is 1.47. The Morgan fingerprint density at radius 2 is 2.00 bits per heavy atom. The highest BCUT2D eigenvalue weighted by Crippen LogP contribution is 2.18. The number of ether oxygens (including phenoxy) is 1. The standard InChI is InChI=1S/C12H13ClN2O3S/c1-18-9-11-7-12(19(13,16)17)15(14-11)8-10-5-3-2-4-6-10/h2-7H,8-9H2,1H3. The number of methoxy groups -OCH3 is 1. The molecule has 19 heavy (non-hydrogen) atoms. The van der Waals surface area contributed by atoms with Gasteiger partial charge < -0.3 is 4.74 Å². The molecule has 1 aromatic heterocycles. The Labute approximate surface area is 116 Å². The van der Waals surface area contributed by atoms with Crippen LogP contribution in [0.4, 0.5) is 0 Å². The molecule has 5 nitrogen and oxygen atoms in total. The highest BCUT2D eigenvalue weighted by Gasteiger charge is 2.19. The molecule has 0 unspecified atom stereocenters. The minimum absolute atomic E-state index is 0.0231. The maximum absolute atomic E-state index is 11.5. The Kier molecular flexibility index (Phi) is 4.24. The van der Waals surface area contributed by atoms with Crippen molar-refractivity contribution in [3.63, 3.8) is 0 Å². The molecule has 0 amide bonds. The number of hydrogen-bond acceptors (Lipinski definition) is 4. The molecule has 0 aliphatic heterocycles. The van der Waals surface area contributed by atoms with Crippen molar-refractivity contribution in [3.8, 4) is 0 Å². The maximum atomic E-state index is 11.5. The lowest BCUT2D eigenvalue weighted by molar-refractivity contribution is 0.181. The van der Waals surface area contributed by atoms with E-state index in [1.54, 1.807) is 0 Å². The van der Waals surface area contributed by atoms with Crippen molar-refractivity contribution in [2.45, 2.75) is 18.2 Å². The van der Waals surface area contributed by atoms with Crippen LogP contribution in [0.2, 0.25) is 0 Å². The van der Waals surface area contributed by atoms with Gasteiger partial charge in [0.15, 0.2) is 5.03 Å². The maximum Gasteiger partial charge on any atom is 0.278 e. The normalized spacial score (nSPS) is 11.7. The third-order valence-electron chi connectivity index (χ3n) is 2.51. The van der Waals surface area contributed by atoms with Crippen LogP contribution in [0.3, 0.4) is 0 Å². The molecule has 0 atom stereocenters. The SMILES string of the molecule is COCc1cc(S(=O)(=O)Cl)n(Cc2ccccc2)n1. The molecular formula is C12H13ClN2O3S. The number of rotatable bonds is 5. The summed E-state index contributed by atoms with van der Waals surface area (Å²) in [5, 5.41) is 4.17. The second kappa shape index (κ2) is 5.73. The molecule has 0 spiro atoms. The second-order valence-corrected chi connectivity index (χ2v) is 6.50. The van der Waals surface area contributed by atoms with Gasteiger partial charge in [0, 0.05) is 23.9 Å². The first-order chi connectivity index (χ1) is 9.00. The topological polar surface area (TPSA) is 61.2 Å². The van der Waals surface area contributed by atoms with Gasteiger partial charge in [-0.15, -0.1) is 0 Å². The van der Waals surface area contributed by atoms with Crippen molar-refractivity contribution in [1.29, 1.82) is 0 Å². The van der Waals surface area contributed by atoms with Gasteiger partial charge in [0.1, 0.15) is 0 Å². The van der Waals surface area contributed by atoms with E-state index >= 15 is 0 Å². The average Bonchev–Trinajstić information content (AvgIpc) is 2.74. The first kappa shape index (κ1) is 14.0. The molecule has 1 aromatic carbocycles. The van der Waals surface area contributed by atoms with Crippen LogP contribution in [0.15, 0.2) is 41.4 Å². The van der Waals surface area contributed by atoms with Crippen molar-refractivity contribution in [1.82, 2.24) is 9.78 Å². The molecule has 2 aromatic rings. The van der Waals surface area contributed by atoms with E-state index in [-0.39, 0.29) is 11.6 Å². The zero-order valence-corrected chi connectivity index (χ0v) is 11.9. The minimum Gasteiger partial charge on any atom is -0.378 e. The highest BCUT2D eigenvalue weighted by atomic mass is 35.7. The van der Waals surface area contributed by atoms with E-state index in [0.29, 0.717) is 12.2 Å². The molecule has 0 aliphatic rings. The summed E-state index contributed by atoms with van der Waals surface area (Å²) < 4.78 is 29.4. The van der Waals surface area contributed by atoms with Gasteiger partial charge in [-0.3, -0.25) is 0 Å². The first-order valence-electron chi connectivity index (χ1n) is 5.55. The van der Waals surface area contributed by atoms with E-state index in [2.05, 4.69) is 5.10 Å². The number of benzene rings is 1. The molecule has 102 valence electrons. The summed E-state index contributed by atoms with van der Waals surface area (Å²) in [4.78, 5) is 0. The fraction of sp³-hybridized carbons (Fsp3) is 0.250. The van der Waals surface area contributed by atoms with E-state index in [1.165, 1.54) is 17.9 Å². The summed E-state index contributed by atoms with van der Waals surface area (Å²) in [6, 6.07) is 10.9. The van der Waals surface area contributed by atoms with Gasteiger partial charge in [-0.2, -0.15) is 5.10 Å². The number of halogens is 1. The molecule has 0 aliphatic carbocycles. The van der Waals surface area contributed by atoms with Crippen molar-refractivity contribution in [3.05, 3.63) is 47.7 Å². The predicted octanol–water partition coefficient (Wildman–Crippen LogP) is 2.01. The third kappa shape index (κ3) is 3.56. The van der Waals surface area contributed by atoms with Crippen LogP contribution >= 0.6 is 10.7 Å². The average molecular weight is 301 g/mol. The van der Waals surface area contributed by atoms with Crippen LogP contribution in [-0.2, 0) is 26.9 Å². The van der Waals surface area contributed by atoms with Gasteiger partial charge in [-0.25, -0.2) is 13.1 Å². The Bertz CT molecular complexity index is 653. The Morgan fingerprint density at radius 3 is 2.58 bits per heavy atom. The summed E-state index contributed by atoms with van der Waals surface area (Å²) in [5.74, 6) is 0. The molecule has 2 rings (SSSR count). The molecule has 0 saturated carbocycles. The van der Waals surface area contributed by atoms with Gasteiger partial charge in [0.25, 0.3) is 9.05 Å². The molecule has 0 N–H and O–H groups in total. The Balaban J connectivity index is 2.38. The third-order valence-corrected chi connectivity index (χ3v) is 3.81. The fourth-order valence-corrected chi connectivity index (χ4v) is 2.74. The van der Waals surface area contributed by atoms with Gasteiger partial charge in [0.2, 0.25) is 0 Å². The Morgan fingerprint density at radius 1 is 1.32 bits per heavy atom. The summed E-state index contributed by atoms with van der Waals surface area (Å²) in [6.45, 7) is 0.576. The van der Waals surface area contributed by atoms with Crippen molar-refractivity contribution in [2.75, 3.05) is 7.11 Å². The zero-order valence-electron chi connectivity index (χ0n) is 10.3. The lowest BCUT2D eigenvalue weighted by Crippen LogP contribution is -2.08. The van der Waals surface area contributed by atoms with Gasteiger partial charge in [0.05, 0.1) is 18.8 Å². The van der Waals surface area contributed by atoms with E-state index < -0.39 is 9.05 Å². The van der Waals surface area contributed by atoms with Crippen molar-refractivity contribution < 1.29 is 13.2 Å². The van der Waals surface area contributed by atoms with Crippen LogP contribution in [0.5, 0.6) is 0 Å². The molecule has 7 heteroatoms. The lowest BCUT2D eigenvalue weighted by Gasteiger charge is -2.04. The van der Waals surface area contributed by atoms with Crippen molar-refractivity contribution in [2.24, 2.45) is 0 Å². The second-order valence-electron chi connectivity index (χ2n) is 3.99. The molecular weight excluding hydrogens is 288 g/mol. The van der Waals surface area contributed by atoms with Crippen LogP contribution in [-0.4, -0.2) is 25.3 Å². The first-order valence-corrected chi connectivity index (χ1v) is 7.86. The van der Waals surface area contributed by atoms with Crippen LogP contribution in [0.1, 0.15) is 11.3 Å². The van der Waals surface area contributed by atoms with E-state index in [1.807, 2.05) is 30.3 Å². The van der Waals surface area contributed by atoms with Gasteiger partial charge in [-0.05, 0) is 5.56 Å². The van der Waals surface area contributed by atoms with Gasteiger partial charge in [-0.1, -0.05) is 30.3 Å². The summed E-state index contributed by atoms with van der Waals surface area (Å²) >= 11 is 0. The van der Waals surface area contributed by atoms with Gasteiger partial charge >= 0.3 is 0 Å². The molecule has 1 heterocycles. The molecule has 0 saturated heterocycles. The van der Waals surface area contributed by atoms with E-state index in [0.717, 1.165) is 5.56 Å². The van der Waals surface area contributed by atoms with Crippen molar-refractivity contribution >= 4 is 19.7 Å². The van der Waals surface area contributed by atoms with E-state index in [4.69, 9.17) is 15.4 Å². The smallest absolute Gasteiger partial charge is 0.278 e. The van der Waals surface area contributed by atoms with Crippen LogP contribution < -0.4 is 0 Å². The Hall–Kier alpha value is -1.37. The molecule has 0 bridgehead atoms. The number of nitrogens with zero attached hydrogens (tertiary/aromatic N) is 2. The van der Waals surface area contributed by atoms with Crippen LogP contribution in [0, 0.1) is 0 Å². The molecule has 0 radical (unpaired) electrons. The van der Waals surface area contributed by atoms with E-state index in [9.17, 15) is 8.42 Å². The number of hydrogen-bond donors (Lipinski definition) is 0. The highest BCUT2D eigenvalue weighted by molar-refractivity contribution is 8.13. The quantitative estimate of drug-likeness (QED) is 0.793. The minimum atomic E-state index is -3.83. The summed E-state index contributed by atoms with van der Waals surface area (Å²) in [7, 11) is 3.10. The monoisotopic (exact) mass is 300 g/mol. The summed E-state index contributed by atoms with van der Waals surface area (Å²) in [6.07, 6.45) is 0.